The van der Waals surface area contributed by atoms with Gasteiger partial charge in [-0.15, -0.1) is 0 Å². The number of aliphatic hydroxyl groups excluding tert-OH is 1. The molecule has 3 N–H and O–H groups in total. The lowest BCUT2D eigenvalue weighted by atomic mass is 10.2. The van der Waals surface area contributed by atoms with Crippen LogP contribution in [0.3, 0.4) is 0 Å². The maximum Gasteiger partial charge on any atom is 0.324 e. The van der Waals surface area contributed by atoms with Crippen molar-refractivity contribution < 1.29 is 33.0 Å². The SMILES string of the molecule is CC(=O)N1CC(C)Oc2ccc(S(=O)(=O)NC(CO)C(=O)O)cc21. The summed E-state index contributed by atoms with van der Waals surface area (Å²) < 4.78 is 32.1. The van der Waals surface area contributed by atoms with E-state index < -0.39 is 28.6 Å². The number of aliphatic carboxylic acids is 1. The van der Waals surface area contributed by atoms with Gasteiger partial charge < -0.3 is 19.8 Å². The van der Waals surface area contributed by atoms with Gasteiger partial charge in [0, 0.05) is 6.92 Å². The third kappa shape index (κ3) is 3.66. The van der Waals surface area contributed by atoms with Crippen molar-refractivity contribution in [2.75, 3.05) is 18.1 Å². The lowest BCUT2D eigenvalue weighted by molar-refractivity contribution is -0.139. The predicted molar refractivity (Wildman–Crippen MR) is 83.4 cm³/mol. The minimum atomic E-state index is -4.20. The molecule has 2 atom stereocenters. The van der Waals surface area contributed by atoms with Crippen LogP contribution in [0.4, 0.5) is 5.69 Å². The van der Waals surface area contributed by atoms with E-state index in [-0.39, 0.29) is 23.5 Å². The largest absolute Gasteiger partial charge is 0.487 e. The highest BCUT2D eigenvalue weighted by Crippen LogP contribution is 2.35. The van der Waals surface area contributed by atoms with Crippen molar-refractivity contribution in [3.05, 3.63) is 18.2 Å². The summed E-state index contributed by atoms with van der Waals surface area (Å²) in [4.78, 5) is 23.8. The normalized spacial score (nSPS) is 18.5. The Labute approximate surface area is 138 Å². The first-order valence-electron chi connectivity index (χ1n) is 7.10. The highest BCUT2D eigenvalue weighted by molar-refractivity contribution is 7.89. The fraction of sp³-hybridized carbons (Fsp3) is 0.429. The first-order chi connectivity index (χ1) is 11.2. The van der Waals surface area contributed by atoms with Crippen molar-refractivity contribution in [2.24, 2.45) is 0 Å². The molecule has 0 aromatic heterocycles. The van der Waals surface area contributed by atoms with E-state index in [1.54, 1.807) is 6.92 Å². The number of amides is 1. The summed E-state index contributed by atoms with van der Waals surface area (Å²) in [5, 5.41) is 17.8. The summed E-state index contributed by atoms with van der Waals surface area (Å²) in [7, 11) is -4.20. The summed E-state index contributed by atoms with van der Waals surface area (Å²) in [6, 6.07) is 2.23. The van der Waals surface area contributed by atoms with Crippen LogP contribution in [-0.4, -0.2) is 55.8 Å². The van der Waals surface area contributed by atoms with Crippen LogP contribution < -0.4 is 14.4 Å². The number of fused-ring (bicyclic) bond motifs is 1. The van der Waals surface area contributed by atoms with Gasteiger partial charge in [-0.05, 0) is 25.1 Å². The minimum absolute atomic E-state index is 0.231. The zero-order valence-corrected chi connectivity index (χ0v) is 13.9. The van der Waals surface area contributed by atoms with Gasteiger partial charge in [-0.2, -0.15) is 4.72 Å². The third-order valence-electron chi connectivity index (χ3n) is 3.46. The summed E-state index contributed by atoms with van der Waals surface area (Å²) in [6.45, 7) is 2.52. The Hall–Kier alpha value is -2.17. The second-order valence-corrected chi connectivity index (χ2v) is 7.10. The second kappa shape index (κ2) is 6.75. The predicted octanol–water partition coefficient (Wildman–Crippen LogP) is -0.456. The van der Waals surface area contributed by atoms with Crippen LogP contribution in [0.15, 0.2) is 23.1 Å². The molecule has 1 aliphatic rings. The van der Waals surface area contributed by atoms with Crippen molar-refractivity contribution in [1.29, 1.82) is 0 Å². The smallest absolute Gasteiger partial charge is 0.324 e. The fourth-order valence-electron chi connectivity index (χ4n) is 2.30. The number of carbonyl (C=O) groups excluding carboxylic acids is 1. The number of carboxylic acid groups (broad SMARTS) is 1. The molecule has 1 aromatic carbocycles. The van der Waals surface area contributed by atoms with E-state index in [0.717, 1.165) is 0 Å². The molecule has 0 saturated heterocycles. The van der Waals surface area contributed by atoms with Gasteiger partial charge in [-0.3, -0.25) is 9.59 Å². The van der Waals surface area contributed by atoms with E-state index in [1.807, 2.05) is 4.72 Å². The maximum absolute atomic E-state index is 12.3. The van der Waals surface area contributed by atoms with E-state index >= 15 is 0 Å². The molecule has 24 heavy (non-hydrogen) atoms. The topological polar surface area (TPSA) is 133 Å². The van der Waals surface area contributed by atoms with Gasteiger partial charge in [0.05, 0.1) is 23.7 Å². The summed E-state index contributed by atoms with van der Waals surface area (Å²) in [5.74, 6) is -1.41. The van der Waals surface area contributed by atoms with Gasteiger partial charge in [-0.1, -0.05) is 0 Å². The molecular formula is C14H18N2O7S. The molecule has 132 valence electrons. The van der Waals surface area contributed by atoms with Gasteiger partial charge in [-0.25, -0.2) is 8.42 Å². The number of rotatable bonds is 5. The summed E-state index contributed by atoms with van der Waals surface area (Å²) in [6.07, 6.45) is -0.243. The Balaban J connectivity index is 2.41. The van der Waals surface area contributed by atoms with E-state index in [2.05, 4.69) is 0 Å². The molecule has 0 saturated carbocycles. The molecule has 0 radical (unpaired) electrons. The number of sulfonamides is 1. The van der Waals surface area contributed by atoms with Crippen molar-refractivity contribution >= 4 is 27.6 Å². The zero-order valence-electron chi connectivity index (χ0n) is 13.1. The number of hydrogen-bond donors (Lipinski definition) is 3. The number of hydrogen-bond acceptors (Lipinski definition) is 6. The van der Waals surface area contributed by atoms with Crippen LogP contribution in [0.2, 0.25) is 0 Å². The molecule has 1 aromatic rings. The number of anilines is 1. The molecule has 1 amide bonds. The van der Waals surface area contributed by atoms with Crippen LogP contribution in [0.25, 0.3) is 0 Å². The lowest BCUT2D eigenvalue weighted by Gasteiger charge is -2.33. The average molecular weight is 358 g/mol. The molecule has 0 aliphatic carbocycles. The molecule has 1 aliphatic heterocycles. The van der Waals surface area contributed by atoms with Crippen LogP contribution >= 0.6 is 0 Å². The number of benzene rings is 1. The number of carboxylic acids is 1. The number of nitrogens with zero attached hydrogens (tertiary/aromatic N) is 1. The van der Waals surface area contributed by atoms with Crippen molar-refractivity contribution in [3.8, 4) is 5.75 Å². The van der Waals surface area contributed by atoms with Crippen LogP contribution in [0.5, 0.6) is 5.75 Å². The van der Waals surface area contributed by atoms with Gasteiger partial charge >= 0.3 is 5.97 Å². The number of aliphatic hydroxyl groups is 1. The summed E-state index contributed by atoms with van der Waals surface area (Å²) in [5.41, 5.74) is 0.291. The second-order valence-electron chi connectivity index (χ2n) is 5.38. The Morgan fingerprint density at radius 2 is 2.12 bits per heavy atom. The molecule has 1 heterocycles. The first-order valence-corrected chi connectivity index (χ1v) is 8.59. The highest BCUT2D eigenvalue weighted by Gasteiger charge is 2.29. The zero-order chi connectivity index (χ0) is 18.1. The van der Waals surface area contributed by atoms with E-state index in [9.17, 15) is 18.0 Å². The van der Waals surface area contributed by atoms with Crippen molar-refractivity contribution in [3.63, 3.8) is 0 Å². The Kier molecular flexibility index (Phi) is 5.11. The fourth-order valence-corrected chi connectivity index (χ4v) is 3.50. The Morgan fingerprint density at radius 1 is 1.46 bits per heavy atom. The van der Waals surface area contributed by atoms with Gasteiger partial charge in [0.25, 0.3) is 0 Å². The molecule has 0 fully saturated rings. The van der Waals surface area contributed by atoms with Gasteiger partial charge in [0.1, 0.15) is 17.9 Å². The maximum atomic E-state index is 12.3. The first kappa shape index (κ1) is 18.2. The highest BCUT2D eigenvalue weighted by atomic mass is 32.2. The third-order valence-corrected chi connectivity index (χ3v) is 4.93. The van der Waals surface area contributed by atoms with Crippen molar-refractivity contribution in [1.82, 2.24) is 4.72 Å². The average Bonchev–Trinajstić information content (AvgIpc) is 2.50. The Bertz CT molecular complexity index is 762. The molecule has 2 rings (SSSR count). The molecule has 0 spiro atoms. The van der Waals surface area contributed by atoms with Crippen LogP contribution in [0.1, 0.15) is 13.8 Å². The molecule has 10 heteroatoms. The molecular weight excluding hydrogens is 340 g/mol. The van der Waals surface area contributed by atoms with E-state index in [0.29, 0.717) is 11.4 Å². The van der Waals surface area contributed by atoms with Crippen LogP contribution in [-0.2, 0) is 19.6 Å². The minimum Gasteiger partial charge on any atom is -0.487 e. The lowest BCUT2D eigenvalue weighted by Crippen LogP contribution is -2.43. The van der Waals surface area contributed by atoms with E-state index in [1.165, 1.54) is 30.0 Å². The quantitative estimate of drug-likeness (QED) is 0.649. The molecule has 2 unspecified atom stereocenters. The summed E-state index contributed by atoms with van der Waals surface area (Å²) >= 11 is 0. The molecule has 9 nitrogen and oxygen atoms in total. The van der Waals surface area contributed by atoms with E-state index in [4.69, 9.17) is 14.9 Å². The number of ether oxygens (including phenoxy) is 1. The van der Waals surface area contributed by atoms with Crippen molar-refractivity contribution in [2.45, 2.75) is 30.9 Å². The van der Waals surface area contributed by atoms with Gasteiger partial charge in [0.2, 0.25) is 15.9 Å². The standard InChI is InChI=1S/C14H18N2O7S/c1-8-6-16(9(2)18)12-5-10(3-4-13(12)23-8)24(21,22)15-11(7-17)14(19)20/h3-5,8,11,15,17H,6-7H2,1-2H3,(H,19,20). The number of nitrogens with one attached hydrogen (secondary N) is 1. The molecule has 0 bridgehead atoms. The van der Waals surface area contributed by atoms with Crippen LogP contribution in [0, 0.1) is 0 Å². The Morgan fingerprint density at radius 3 is 2.67 bits per heavy atom. The monoisotopic (exact) mass is 358 g/mol. The number of carbonyl (C=O) groups is 2. The van der Waals surface area contributed by atoms with Gasteiger partial charge in [0.15, 0.2) is 0 Å².